The Morgan fingerprint density at radius 2 is 2.08 bits per heavy atom. The van der Waals surface area contributed by atoms with Gasteiger partial charge in [0.1, 0.15) is 18.2 Å². The van der Waals surface area contributed by atoms with Gasteiger partial charge in [0.2, 0.25) is 17.7 Å². The van der Waals surface area contributed by atoms with Crippen LogP contribution in [0.2, 0.25) is 5.02 Å². The molecule has 2 heterocycles. The van der Waals surface area contributed by atoms with Gasteiger partial charge in [-0.3, -0.25) is 14.4 Å². The molecule has 4 atom stereocenters. The fourth-order valence-electron chi connectivity index (χ4n) is 3.45. The summed E-state index contributed by atoms with van der Waals surface area (Å²) < 4.78 is 0. The van der Waals surface area contributed by atoms with Crippen LogP contribution in [0.15, 0.2) is 24.3 Å². The zero-order valence-corrected chi connectivity index (χ0v) is 15.2. The van der Waals surface area contributed by atoms with E-state index in [1.165, 1.54) is 6.92 Å². The van der Waals surface area contributed by atoms with E-state index in [9.17, 15) is 19.5 Å². The molecule has 0 saturated carbocycles. The lowest BCUT2D eigenvalue weighted by molar-refractivity contribution is -0.152. The molecule has 3 N–H and O–H groups in total. The zero-order valence-electron chi connectivity index (χ0n) is 14.4. The predicted molar refractivity (Wildman–Crippen MR) is 95.4 cm³/mol. The summed E-state index contributed by atoms with van der Waals surface area (Å²) in [5.41, 5.74) is 0.922. The van der Waals surface area contributed by atoms with E-state index in [2.05, 4.69) is 10.6 Å². The maximum absolute atomic E-state index is 12.8. The molecule has 0 spiro atoms. The van der Waals surface area contributed by atoms with Gasteiger partial charge in [0.05, 0.1) is 0 Å². The van der Waals surface area contributed by atoms with Crippen LogP contribution in [0.3, 0.4) is 0 Å². The van der Waals surface area contributed by atoms with Crippen LogP contribution < -0.4 is 10.6 Å². The van der Waals surface area contributed by atoms with Crippen molar-refractivity contribution in [3.63, 3.8) is 0 Å². The maximum Gasteiger partial charge on any atom is 0.248 e. The molecule has 0 aliphatic carbocycles. The number of nitrogens with one attached hydrogen (secondary N) is 2. The molecule has 26 heavy (non-hydrogen) atoms. The molecule has 3 amide bonds. The van der Waals surface area contributed by atoms with Crippen LogP contribution in [0.25, 0.3) is 0 Å². The van der Waals surface area contributed by atoms with Crippen LogP contribution in [0.5, 0.6) is 0 Å². The van der Waals surface area contributed by atoms with Gasteiger partial charge in [0, 0.05) is 24.0 Å². The number of amides is 3. The van der Waals surface area contributed by atoms with Crippen LogP contribution in [-0.2, 0) is 20.8 Å². The third-order valence-corrected chi connectivity index (χ3v) is 5.13. The molecule has 0 unspecified atom stereocenters. The van der Waals surface area contributed by atoms with Gasteiger partial charge in [-0.05, 0) is 37.5 Å². The van der Waals surface area contributed by atoms with E-state index in [0.29, 0.717) is 30.8 Å². The number of piperidine rings is 1. The largest absolute Gasteiger partial charge is 0.384 e. The summed E-state index contributed by atoms with van der Waals surface area (Å²) in [4.78, 5) is 38.5. The van der Waals surface area contributed by atoms with Crippen LogP contribution in [0, 0.1) is 0 Å². The molecular formula is C18H22ClN3O4. The fourth-order valence-corrected chi connectivity index (χ4v) is 3.58. The Hall–Kier alpha value is -2.12. The van der Waals surface area contributed by atoms with E-state index in [-0.39, 0.29) is 17.9 Å². The average molecular weight is 380 g/mol. The van der Waals surface area contributed by atoms with Crippen molar-refractivity contribution < 1.29 is 19.5 Å². The van der Waals surface area contributed by atoms with Crippen LogP contribution in [0.4, 0.5) is 0 Å². The number of hydrogen-bond acceptors (Lipinski definition) is 4. The number of hydrogen-bond donors (Lipinski definition) is 3. The van der Waals surface area contributed by atoms with Crippen LogP contribution in [0.1, 0.15) is 25.3 Å². The fraction of sp³-hybridized carbons (Fsp3) is 0.500. The van der Waals surface area contributed by atoms with Gasteiger partial charge in [0.15, 0.2) is 0 Å². The number of carbonyl (C=O) groups excluding carboxylic acids is 3. The van der Waals surface area contributed by atoms with Crippen molar-refractivity contribution in [3.8, 4) is 0 Å². The van der Waals surface area contributed by atoms with Crippen molar-refractivity contribution in [2.45, 2.75) is 50.4 Å². The van der Waals surface area contributed by atoms with E-state index >= 15 is 0 Å². The molecule has 7 nitrogen and oxygen atoms in total. The minimum absolute atomic E-state index is 0.107. The first kappa shape index (κ1) is 18.7. The molecule has 2 saturated heterocycles. The Balaban J connectivity index is 1.65. The van der Waals surface area contributed by atoms with Gasteiger partial charge in [-0.1, -0.05) is 23.7 Å². The molecule has 140 valence electrons. The number of aliphatic hydroxyl groups excluding tert-OH is 1. The molecule has 0 radical (unpaired) electrons. The summed E-state index contributed by atoms with van der Waals surface area (Å²) in [6.07, 6.45) is 0.219. The molecular weight excluding hydrogens is 358 g/mol. The third-order valence-electron chi connectivity index (χ3n) is 4.88. The summed E-state index contributed by atoms with van der Waals surface area (Å²) in [6, 6.07) is 5.78. The van der Waals surface area contributed by atoms with Gasteiger partial charge >= 0.3 is 0 Å². The Bertz CT molecular complexity index is 707. The second kappa shape index (κ2) is 7.63. The zero-order chi connectivity index (χ0) is 18.8. The molecule has 1 aromatic rings. The highest BCUT2D eigenvalue weighted by atomic mass is 35.5. The highest BCUT2D eigenvalue weighted by Gasteiger charge is 2.44. The summed E-state index contributed by atoms with van der Waals surface area (Å²) in [5.74, 6) is -0.781. The van der Waals surface area contributed by atoms with Gasteiger partial charge in [-0.25, -0.2) is 0 Å². The molecule has 0 aromatic heterocycles. The number of aliphatic hydroxyl groups is 1. The van der Waals surface area contributed by atoms with Crippen LogP contribution in [-0.4, -0.2) is 58.5 Å². The highest BCUT2D eigenvalue weighted by molar-refractivity contribution is 6.30. The molecule has 3 rings (SSSR count). The first-order valence-electron chi connectivity index (χ1n) is 8.69. The molecule has 2 aliphatic heterocycles. The van der Waals surface area contributed by atoms with E-state index in [1.54, 1.807) is 17.0 Å². The van der Waals surface area contributed by atoms with Gasteiger partial charge in [0.25, 0.3) is 0 Å². The first-order chi connectivity index (χ1) is 12.3. The van der Waals surface area contributed by atoms with Crippen molar-refractivity contribution in [1.29, 1.82) is 0 Å². The standard InChI is InChI=1S/C18H22ClN3O4/c1-10(23)16(24)20-13-6-7-22-15(9-13)17(25)21-14(18(22)26)8-11-2-4-12(19)5-3-11/h2-5,10,13-15,23H,6-9H2,1H3,(H,20,24)(H,21,25)/t10-,13+,14+,15-/m0/s1. The van der Waals surface area contributed by atoms with E-state index in [1.807, 2.05) is 12.1 Å². The normalized spacial score (nSPS) is 26.7. The second-order valence-corrected chi connectivity index (χ2v) is 7.28. The van der Waals surface area contributed by atoms with Crippen molar-refractivity contribution >= 4 is 29.3 Å². The number of rotatable bonds is 4. The highest BCUT2D eigenvalue weighted by Crippen LogP contribution is 2.23. The Labute approximate surface area is 156 Å². The predicted octanol–water partition coefficient (Wildman–Crippen LogP) is 0.238. The lowest BCUT2D eigenvalue weighted by atomic mass is 9.91. The van der Waals surface area contributed by atoms with Crippen molar-refractivity contribution in [3.05, 3.63) is 34.9 Å². The van der Waals surface area contributed by atoms with Gasteiger partial charge < -0.3 is 20.6 Å². The Morgan fingerprint density at radius 1 is 1.38 bits per heavy atom. The molecule has 2 fully saturated rings. The minimum Gasteiger partial charge on any atom is -0.384 e. The molecule has 8 heteroatoms. The minimum atomic E-state index is -1.10. The topological polar surface area (TPSA) is 98.7 Å². The lowest BCUT2D eigenvalue weighted by Crippen LogP contribution is -2.67. The number of halogens is 1. The van der Waals surface area contributed by atoms with Gasteiger partial charge in [-0.2, -0.15) is 0 Å². The number of fused-ring (bicyclic) bond motifs is 1. The summed E-state index contributed by atoms with van der Waals surface area (Å²) in [6.45, 7) is 1.79. The number of carbonyl (C=O) groups is 3. The summed E-state index contributed by atoms with van der Waals surface area (Å²) in [7, 11) is 0. The smallest absolute Gasteiger partial charge is 0.248 e. The average Bonchev–Trinajstić information content (AvgIpc) is 2.61. The van der Waals surface area contributed by atoms with E-state index in [4.69, 9.17) is 11.6 Å². The van der Waals surface area contributed by atoms with E-state index < -0.39 is 24.1 Å². The summed E-state index contributed by atoms with van der Waals surface area (Å²) >= 11 is 5.88. The quantitative estimate of drug-likeness (QED) is 0.697. The monoisotopic (exact) mass is 379 g/mol. The third kappa shape index (κ3) is 3.99. The van der Waals surface area contributed by atoms with E-state index in [0.717, 1.165) is 5.56 Å². The molecule has 2 aliphatic rings. The number of piperazine rings is 1. The Morgan fingerprint density at radius 3 is 2.73 bits per heavy atom. The number of benzene rings is 1. The SMILES string of the molecule is C[C@H](O)C(=O)N[C@@H]1CCN2C(=O)[C@@H](Cc3ccc(Cl)cc3)NC(=O)[C@@H]2C1. The lowest BCUT2D eigenvalue weighted by Gasteiger charge is -2.44. The number of nitrogens with zero attached hydrogens (tertiary/aromatic N) is 1. The van der Waals surface area contributed by atoms with Crippen LogP contribution >= 0.6 is 11.6 Å². The van der Waals surface area contributed by atoms with Crippen molar-refractivity contribution in [2.24, 2.45) is 0 Å². The van der Waals surface area contributed by atoms with Gasteiger partial charge in [-0.15, -0.1) is 0 Å². The van der Waals surface area contributed by atoms with Crippen molar-refractivity contribution in [2.75, 3.05) is 6.54 Å². The molecule has 1 aromatic carbocycles. The first-order valence-corrected chi connectivity index (χ1v) is 9.06. The second-order valence-electron chi connectivity index (χ2n) is 6.85. The molecule has 0 bridgehead atoms. The maximum atomic E-state index is 12.8. The Kier molecular flexibility index (Phi) is 5.48. The summed E-state index contributed by atoms with van der Waals surface area (Å²) in [5, 5.41) is 15.4. The van der Waals surface area contributed by atoms with Crippen molar-refractivity contribution in [1.82, 2.24) is 15.5 Å².